The van der Waals surface area contributed by atoms with E-state index in [-0.39, 0.29) is 0 Å². The van der Waals surface area contributed by atoms with Crippen molar-refractivity contribution in [3.05, 3.63) is 57.4 Å². The van der Waals surface area contributed by atoms with Crippen molar-refractivity contribution in [2.45, 2.75) is 38.3 Å². The second kappa shape index (κ2) is 4.96. The van der Waals surface area contributed by atoms with Gasteiger partial charge in [0.2, 0.25) is 0 Å². The van der Waals surface area contributed by atoms with Crippen molar-refractivity contribution < 1.29 is 0 Å². The summed E-state index contributed by atoms with van der Waals surface area (Å²) in [6.07, 6.45) is 1.30. The van der Waals surface area contributed by atoms with Crippen molar-refractivity contribution in [2.75, 3.05) is 13.6 Å². The van der Waals surface area contributed by atoms with Gasteiger partial charge in [0.1, 0.15) is 0 Å². The van der Waals surface area contributed by atoms with Crippen molar-refractivity contribution in [3.8, 4) is 0 Å². The highest BCUT2D eigenvalue weighted by Gasteiger charge is 2.36. The fourth-order valence-corrected chi connectivity index (χ4v) is 5.50. The average Bonchev–Trinajstić information content (AvgIpc) is 3.15. The molecule has 2 nitrogen and oxygen atoms in total. The Morgan fingerprint density at radius 1 is 1.13 bits per heavy atom. The number of hydrogen-bond donors (Lipinski definition) is 0. The lowest BCUT2D eigenvalue weighted by Gasteiger charge is -2.38. The predicted molar refractivity (Wildman–Crippen MR) is 97.4 cm³/mol. The van der Waals surface area contributed by atoms with Crippen LogP contribution in [0.25, 0.3) is 10.9 Å². The van der Waals surface area contributed by atoms with Crippen LogP contribution in [0.2, 0.25) is 0 Å². The number of hydrogen-bond acceptors (Lipinski definition) is 2. The number of thiophene rings is 1. The molecular formula is C20H22N2S. The van der Waals surface area contributed by atoms with E-state index in [1.54, 1.807) is 11.3 Å². The maximum Gasteiger partial charge on any atom is 0.0486 e. The van der Waals surface area contributed by atoms with Crippen molar-refractivity contribution in [3.63, 3.8) is 0 Å². The highest BCUT2D eigenvalue weighted by Crippen LogP contribution is 2.45. The fraction of sp³-hybridized carbons (Fsp3) is 0.400. The van der Waals surface area contributed by atoms with E-state index in [1.807, 2.05) is 11.3 Å². The van der Waals surface area contributed by atoms with Crippen LogP contribution in [0.1, 0.15) is 40.6 Å². The van der Waals surface area contributed by atoms with Crippen molar-refractivity contribution in [2.24, 2.45) is 0 Å². The Bertz CT molecular complexity index is 875. The topological polar surface area (TPSA) is 8.17 Å². The van der Waals surface area contributed by atoms with Crippen LogP contribution < -0.4 is 0 Å². The first kappa shape index (κ1) is 13.8. The first-order valence-electron chi connectivity index (χ1n) is 8.53. The summed E-state index contributed by atoms with van der Waals surface area (Å²) in [5.74, 6) is 1.34. The Kier molecular flexibility index (Phi) is 2.98. The second-order valence-electron chi connectivity index (χ2n) is 7.38. The van der Waals surface area contributed by atoms with Crippen LogP contribution in [0, 0.1) is 6.92 Å². The van der Waals surface area contributed by atoms with E-state index < -0.39 is 0 Å². The molecule has 2 aliphatic rings. The molecule has 23 heavy (non-hydrogen) atoms. The SMILES string of the molecule is Cc1ccc2c(c1)c1c3n2CC(c2ccsc2)CC3CN(C)C1. The number of rotatable bonds is 1. The molecule has 0 saturated heterocycles. The van der Waals surface area contributed by atoms with Crippen LogP contribution in [0.3, 0.4) is 0 Å². The monoisotopic (exact) mass is 322 g/mol. The zero-order valence-electron chi connectivity index (χ0n) is 13.7. The minimum atomic E-state index is 0.662. The average molecular weight is 322 g/mol. The second-order valence-corrected chi connectivity index (χ2v) is 8.16. The smallest absolute Gasteiger partial charge is 0.0486 e. The molecule has 2 atom stereocenters. The first-order chi connectivity index (χ1) is 11.2. The lowest BCUT2D eigenvalue weighted by molar-refractivity contribution is 0.244. The predicted octanol–water partition coefficient (Wildman–Crippen LogP) is 4.73. The first-order valence-corrected chi connectivity index (χ1v) is 9.47. The summed E-state index contributed by atoms with van der Waals surface area (Å²) in [5, 5.41) is 6.06. The van der Waals surface area contributed by atoms with Gasteiger partial charge in [0.05, 0.1) is 0 Å². The van der Waals surface area contributed by atoms with Crippen LogP contribution in [-0.2, 0) is 13.1 Å². The van der Waals surface area contributed by atoms with E-state index >= 15 is 0 Å². The summed E-state index contributed by atoms with van der Waals surface area (Å²) < 4.78 is 2.65. The molecule has 0 saturated carbocycles. The van der Waals surface area contributed by atoms with E-state index in [0.29, 0.717) is 11.8 Å². The summed E-state index contributed by atoms with van der Waals surface area (Å²) in [6.45, 7) is 5.65. The Hall–Kier alpha value is -1.58. The number of nitrogens with zero attached hydrogens (tertiary/aromatic N) is 2. The van der Waals surface area contributed by atoms with E-state index in [2.05, 4.69) is 58.5 Å². The summed E-state index contributed by atoms with van der Waals surface area (Å²) in [6, 6.07) is 9.33. The molecule has 118 valence electrons. The van der Waals surface area contributed by atoms with Gasteiger partial charge in [-0.05, 0) is 60.5 Å². The Morgan fingerprint density at radius 3 is 2.87 bits per heavy atom. The van der Waals surface area contributed by atoms with Gasteiger partial charge < -0.3 is 9.47 Å². The molecule has 0 aliphatic carbocycles. The van der Waals surface area contributed by atoms with Crippen LogP contribution in [-0.4, -0.2) is 23.1 Å². The summed E-state index contributed by atoms with van der Waals surface area (Å²) in [5.41, 5.74) is 7.57. The molecule has 0 spiro atoms. The molecular weight excluding hydrogens is 300 g/mol. The highest BCUT2D eigenvalue weighted by molar-refractivity contribution is 7.07. The minimum Gasteiger partial charge on any atom is -0.343 e. The van der Waals surface area contributed by atoms with E-state index in [9.17, 15) is 0 Å². The molecule has 3 heteroatoms. The zero-order valence-corrected chi connectivity index (χ0v) is 14.6. The Balaban J connectivity index is 1.73. The fourth-order valence-electron chi connectivity index (χ4n) is 4.76. The maximum absolute atomic E-state index is 2.65. The molecule has 2 unspecified atom stereocenters. The third-order valence-corrected chi connectivity index (χ3v) is 6.40. The normalized spacial score (nSPS) is 24.1. The Labute approximate surface area is 141 Å². The Morgan fingerprint density at radius 2 is 2.04 bits per heavy atom. The molecule has 0 N–H and O–H groups in total. The van der Waals surface area contributed by atoms with Gasteiger partial charge in [0.25, 0.3) is 0 Å². The standard InChI is InChI=1S/C20H22N2S/c1-13-3-4-19-17(7-13)18-11-21(2)9-16-8-15(10-22(19)20(16)18)14-5-6-23-12-14/h3-7,12,15-16H,8-11H2,1-2H3. The lowest BCUT2D eigenvalue weighted by atomic mass is 9.82. The zero-order chi connectivity index (χ0) is 15.6. The molecule has 5 rings (SSSR count). The quantitative estimate of drug-likeness (QED) is 0.629. The van der Waals surface area contributed by atoms with Crippen LogP contribution in [0.15, 0.2) is 35.0 Å². The molecule has 1 aromatic carbocycles. The van der Waals surface area contributed by atoms with Crippen LogP contribution in [0.4, 0.5) is 0 Å². The van der Waals surface area contributed by atoms with Crippen molar-refractivity contribution in [1.82, 2.24) is 9.47 Å². The van der Waals surface area contributed by atoms with Gasteiger partial charge in [0, 0.05) is 48.1 Å². The molecule has 2 aliphatic heterocycles. The largest absolute Gasteiger partial charge is 0.343 e. The number of fused-ring (bicyclic) bond motifs is 3. The molecule has 3 aromatic rings. The molecule has 0 radical (unpaired) electrons. The summed E-state index contributed by atoms with van der Waals surface area (Å²) >= 11 is 1.83. The lowest BCUT2D eigenvalue weighted by Crippen LogP contribution is -2.35. The summed E-state index contributed by atoms with van der Waals surface area (Å²) in [4.78, 5) is 2.51. The van der Waals surface area contributed by atoms with Gasteiger partial charge in [-0.15, -0.1) is 0 Å². The van der Waals surface area contributed by atoms with Gasteiger partial charge >= 0.3 is 0 Å². The number of benzene rings is 1. The van der Waals surface area contributed by atoms with Gasteiger partial charge in [-0.2, -0.15) is 11.3 Å². The van der Waals surface area contributed by atoms with Gasteiger partial charge in [-0.3, -0.25) is 0 Å². The third-order valence-electron chi connectivity index (χ3n) is 5.70. The molecule has 0 amide bonds. The number of aryl methyl sites for hydroxylation is 1. The molecule has 0 bridgehead atoms. The van der Waals surface area contributed by atoms with Crippen molar-refractivity contribution in [1.29, 1.82) is 0 Å². The van der Waals surface area contributed by atoms with E-state index in [4.69, 9.17) is 0 Å². The van der Waals surface area contributed by atoms with Crippen molar-refractivity contribution >= 4 is 22.2 Å². The number of aromatic nitrogens is 1. The highest BCUT2D eigenvalue weighted by atomic mass is 32.1. The van der Waals surface area contributed by atoms with E-state index in [1.165, 1.54) is 35.0 Å². The molecule has 2 aromatic heterocycles. The third kappa shape index (κ3) is 2.03. The van der Waals surface area contributed by atoms with E-state index in [0.717, 1.165) is 13.1 Å². The van der Waals surface area contributed by atoms with Gasteiger partial charge in [-0.25, -0.2) is 0 Å². The van der Waals surface area contributed by atoms with Gasteiger partial charge in [-0.1, -0.05) is 11.6 Å². The summed E-state index contributed by atoms with van der Waals surface area (Å²) in [7, 11) is 2.27. The number of likely N-dealkylation sites (N-methyl/N-ethyl adjacent to an activating group) is 1. The van der Waals surface area contributed by atoms with Gasteiger partial charge in [0.15, 0.2) is 0 Å². The van der Waals surface area contributed by atoms with Crippen LogP contribution in [0.5, 0.6) is 0 Å². The molecule has 4 heterocycles. The minimum absolute atomic E-state index is 0.662. The molecule has 0 fully saturated rings. The maximum atomic E-state index is 2.65. The van der Waals surface area contributed by atoms with Crippen LogP contribution >= 0.6 is 11.3 Å².